The number of ether oxygens (including phenoxy) is 1. The lowest BCUT2D eigenvalue weighted by molar-refractivity contribution is -0.111. The molecule has 0 amide bonds. The van der Waals surface area contributed by atoms with E-state index in [0.29, 0.717) is 18.5 Å². The highest BCUT2D eigenvalue weighted by molar-refractivity contribution is 5.70. The molecule has 1 aliphatic rings. The number of hydrogen-bond acceptors (Lipinski definition) is 4. The molecule has 0 saturated heterocycles. The van der Waals surface area contributed by atoms with Gasteiger partial charge in [-0.15, -0.1) is 0 Å². The zero-order chi connectivity index (χ0) is 16.5. The van der Waals surface area contributed by atoms with Gasteiger partial charge in [-0.05, 0) is 22.6 Å². The molecule has 0 saturated carbocycles. The number of hydroxylamine groups is 1. The fraction of sp³-hybridized carbons (Fsp3) is 0.500. The summed E-state index contributed by atoms with van der Waals surface area (Å²) in [5, 5.41) is 9.08. The molecule has 0 fully saturated rings. The van der Waals surface area contributed by atoms with Crippen LogP contribution in [0.5, 0.6) is 0 Å². The molecule has 2 N–H and O–H groups in total. The van der Waals surface area contributed by atoms with Crippen molar-refractivity contribution in [1.82, 2.24) is 5.48 Å². The summed E-state index contributed by atoms with van der Waals surface area (Å²) in [5.74, 6) is 0.891. The third-order valence-electron chi connectivity index (χ3n) is 4.01. The van der Waals surface area contributed by atoms with Crippen LogP contribution >= 0.6 is 0 Å². The SMILES string of the molecule is CC(C)(C)C1=C(c2cccc(C(C=O)NO)c2)OCC1(C)C. The van der Waals surface area contributed by atoms with Gasteiger partial charge < -0.3 is 14.7 Å². The van der Waals surface area contributed by atoms with Gasteiger partial charge in [-0.1, -0.05) is 52.8 Å². The van der Waals surface area contributed by atoms with E-state index in [1.54, 1.807) is 0 Å². The van der Waals surface area contributed by atoms with E-state index in [9.17, 15) is 4.79 Å². The first-order chi connectivity index (χ1) is 10.2. The molecule has 1 aliphatic heterocycles. The van der Waals surface area contributed by atoms with Gasteiger partial charge in [-0.25, -0.2) is 0 Å². The quantitative estimate of drug-likeness (QED) is 0.657. The number of rotatable bonds is 4. The van der Waals surface area contributed by atoms with Crippen molar-refractivity contribution < 1.29 is 14.7 Å². The predicted molar refractivity (Wildman–Crippen MR) is 86.3 cm³/mol. The van der Waals surface area contributed by atoms with Crippen LogP contribution in [0.3, 0.4) is 0 Å². The number of benzene rings is 1. The highest BCUT2D eigenvalue weighted by Crippen LogP contribution is 2.49. The third kappa shape index (κ3) is 3.08. The van der Waals surface area contributed by atoms with Crippen molar-refractivity contribution in [2.45, 2.75) is 40.7 Å². The first kappa shape index (κ1) is 16.7. The molecule has 0 spiro atoms. The highest BCUT2D eigenvalue weighted by Gasteiger charge is 2.41. The van der Waals surface area contributed by atoms with Gasteiger partial charge in [0.1, 0.15) is 18.1 Å². The van der Waals surface area contributed by atoms with Crippen molar-refractivity contribution in [3.05, 3.63) is 41.0 Å². The largest absolute Gasteiger partial charge is 0.492 e. The lowest BCUT2D eigenvalue weighted by atomic mass is 9.71. The molecule has 1 atom stereocenters. The molecule has 1 aromatic rings. The molecular weight excluding hydrogens is 278 g/mol. The van der Waals surface area contributed by atoms with E-state index in [1.165, 1.54) is 5.57 Å². The number of nitrogens with one attached hydrogen (secondary N) is 1. The summed E-state index contributed by atoms with van der Waals surface area (Å²) >= 11 is 0. The monoisotopic (exact) mass is 303 g/mol. The zero-order valence-corrected chi connectivity index (χ0v) is 13.9. The number of aldehydes is 1. The topological polar surface area (TPSA) is 58.6 Å². The van der Waals surface area contributed by atoms with Crippen molar-refractivity contribution in [2.24, 2.45) is 10.8 Å². The van der Waals surface area contributed by atoms with Crippen LogP contribution in [-0.4, -0.2) is 18.1 Å². The van der Waals surface area contributed by atoms with Gasteiger partial charge in [0, 0.05) is 11.0 Å². The molecule has 22 heavy (non-hydrogen) atoms. The molecule has 1 aromatic carbocycles. The molecule has 0 aromatic heterocycles. The Morgan fingerprint density at radius 1 is 1.36 bits per heavy atom. The average Bonchev–Trinajstić information content (AvgIpc) is 2.76. The summed E-state index contributed by atoms with van der Waals surface area (Å²) in [4.78, 5) is 11.0. The van der Waals surface area contributed by atoms with E-state index in [4.69, 9.17) is 9.94 Å². The molecule has 4 heteroatoms. The number of hydrogen-bond donors (Lipinski definition) is 2. The van der Waals surface area contributed by atoms with Crippen LogP contribution in [0, 0.1) is 10.8 Å². The van der Waals surface area contributed by atoms with Crippen molar-refractivity contribution in [1.29, 1.82) is 0 Å². The summed E-state index contributed by atoms with van der Waals surface area (Å²) < 4.78 is 6.00. The molecular formula is C18H25NO3. The first-order valence-electron chi connectivity index (χ1n) is 7.54. The molecule has 0 radical (unpaired) electrons. The van der Waals surface area contributed by atoms with E-state index < -0.39 is 6.04 Å². The molecule has 4 nitrogen and oxygen atoms in total. The lowest BCUT2D eigenvalue weighted by Crippen LogP contribution is -2.24. The zero-order valence-electron chi connectivity index (χ0n) is 13.9. The van der Waals surface area contributed by atoms with E-state index >= 15 is 0 Å². The van der Waals surface area contributed by atoms with Gasteiger partial charge in [0.05, 0.1) is 6.61 Å². The Balaban J connectivity index is 2.55. The van der Waals surface area contributed by atoms with E-state index in [0.717, 1.165) is 11.3 Å². The Morgan fingerprint density at radius 3 is 2.59 bits per heavy atom. The first-order valence-corrected chi connectivity index (χ1v) is 7.54. The second-order valence-electron chi connectivity index (χ2n) is 7.49. The maximum Gasteiger partial charge on any atom is 0.143 e. The second-order valence-corrected chi connectivity index (χ2v) is 7.49. The second kappa shape index (κ2) is 5.86. The smallest absolute Gasteiger partial charge is 0.143 e. The van der Waals surface area contributed by atoms with E-state index in [-0.39, 0.29) is 10.8 Å². The minimum absolute atomic E-state index is 0.00930. The molecule has 120 valence electrons. The van der Waals surface area contributed by atoms with E-state index in [1.807, 2.05) is 29.7 Å². The number of carbonyl (C=O) groups excluding carboxylic acids is 1. The predicted octanol–water partition coefficient (Wildman–Crippen LogP) is 3.72. The summed E-state index contributed by atoms with van der Waals surface area (Å²) in [6, 6.07) is 6.83. The van der Waals surface area contributed by atoms with Crippen LogP contribution in [0.15, 0.2) is 29.8 Å². The Kier molecular flexibility index (Phi) is 4.45. The van der Waals surface area contributed by atoms with Crippen molar-refractivity contribution in [2.75, 3.05) is 6.61 Å². The maximum atomic E-state index is 11.0. The Hall–Kier alpha value is -1.65. The minimum atomic E-state index is -0.729. The fourth-order valence-corrected chi connectivity index (χ4v) is 3.34. The van der Waals surface area contributed by atoms with Gasteiger partial charge in [0.15, 0.2) is 0 Å². The van der Waals surface area contributed by atoms with Crippen LogP contribution in [0.25, 0.3) is 5.76 Å². The lowest BCUT2D eigenvalue weighted by Gasteiger charge is -2.31. The van der Waals surface area contributed by atoms with Crippen molar-refractivity contribution >= 4 is 12.0 Å². The maximum absolute atomic E-state index is 11.0. The molecule has 1 heterocycles. The molecule has 2 rings (SSSR count). The Bertz CT molecular complexity index is 597. The van der Waals surface area contributed by atoms with Crippen molar-refractivity contribution in [3.8, 4) is 0 Å². The highest BCUT2D eigenvalue weighted by atomic mass is 16.5. The van der Waals surface area contributed by atoms with Crippen LogP contribution in [0.4, 0.5) is 0 Å². The van der Waals surface area contributed by atoms with Gasteiger partial charge in [0.2, 0.25) is 0 Å². The van der Waals surface area contributed by atoms with Gasteiger partial charge in [0.25, 0.3) is 0 Å². The summed E-state index contributed by atoms with van der Waals surface area (Å²) in [7, 11) is 0. The summed E-state index contributed by atoms with van der Waals surface area (Å²) in [5.41, 5.74) is 4.91. The van der Waals surface area contributed by atoms with Crippen LogP contribution in [-0.2, 0) is 9.53 Å². The minimum Gasteiger partial charge on any atom is -0.492 e. The fourth-order valence-electron chi connectivity index (χ4n) is 3.34. The van der Waals surface area contributed by atoms with Gasteiger partial charge >= 0.3 is 0 Å². The van der Waals surface area contributed by atoms with Crippen LogP contribution < -0.4 is 5.48 Å². The average molecular weight is 303 g/mol. The molecule has 0 bridgehead atoms. The standard InChI is InChI=1S/C18H25NO3/c1-17(2,3)16-15(22-11-18(16,4)5)13-8-6-7-12(9-13)14(10-20)19-21/h6-10,14,19,21H,11H2,1-5H3. The summed E-state index contributed by atoms with van der Waals surface area (Å²) in [6.07, 6.45) is 0.678. The van der Waals surface area contributed by atoms with Gasteiger partial charge in [-0.2, -0.15) is 5.48 Å². The molecule has 0 aliphatic carbocycles. The Morgan fingerprint density at radius 2 is 2.05 bits per heavy atom. The van der Waals surface area contributed by atoms with E-state index in [2.05, 4.69) is 34.6 Å². The number of carbonyl (C=O) groups is 1. The van der Waals surface area contributed by atoms with Gasteiger partial charge in [-0.3, -0.25) is 0 Å². The summed E-state index contributed by atoms with van der Waals surface area (Å²) in [6.45, 7) is 11.6. The third-order valence-corrected chi connectivity index (χ3v) is 4.01. The van der Waals surface area contributed by atoms with Crippen LogP contribution in [0.1, 0.15) is 51.8 Å². The van der Waals surface area contributed by atoms with Crippen molar-refractivity contribution in [3.63, 3.8) is 0 Å². The van der Waals surface area contributed by atoms with Crippen LogP contribution in [0.2, 0.25) is 0 Å². The molecule has 1 unspecified atom stereocenters. The normalized spacial score (nSPS) is 19.0. The Labute approximate surface area is 132 Å².